The molecule has 0 saturated heterocycles. The molecule has 0 aliphatic rings. The number of hydrogen-bond donors (Lipinski definition) is 1. The molecule has 0 aliphatic heterocycles. The van der Waals surface area contributed by atoms with E-state index in [1.54, 1.807) is 11.8 Å². The zero-order chi connectivity index (χ0) is 13.7. The van der Waals surface area contributed by atoms with E-state index in [4.69, 9.17) is 10.5 Å². The minimum atomic E-state index is 0.522. The van der Waals surface area contributed by atoms with E-state index in [0.717, 1.165) is 22.3 Å². The molecule has 0 saturated carbocycles. The second-order valence-electron chi connectivity index (χ2n) is 4.20. The Labute approximate surface area is 121 Å². The van der Waals surface area contributed by atoms with Crippen LogP contribution in [0.4, 0.5) is 5.13 Å². The van der Waals surface area contributed by atoms with Crippen LogP contribution in [0.3, 0.4) is 0 Å². The van der Waals surface area contributed by atoms with Gasteiger partial charge >= 0.3 is 0 Å². The monoisotopic (exact) mass is 295 g/mol. The molecule has 102 valence electrons. The van der Waals surface area contributed by atoms with Crippen molar-refractivity contribution in [3.8, 4) is 5.75 Å². The molecule has 0 spiro atoms. The maximum atomic E-state index is 5.71. The fourth-order valence-corrected chi connectivity index (χ4v) is 3.11. The number of ether oxygens (including phenoxy) is 1. The fourth-order valence-electron chi connectivity index (χ4n) is 1.49. The minimum absolute atomic E-state index is 0.522. The zero-order valence-corrected chi connectivity index (χ0v) is 12.7. The summed E-state index contributed by atoms with van der Waals surface area (Å²) in [5, 5.41) is 8.26. The molecule has 2 rings (SSSR count). The summed E-state index contributed by atoms with van der Waals surface area (Å²) in [6.45, 7) is 4.91. The van der Waals surface area contributed by atoms with Crippen LogP contribution in [0.25, 0.3) is 0 Å². The van der Waals surface area contributed by atoms with Crippen LogP contribution < -0.4 is 10.5 Å². The van der Waals surface area contributed by atoms with E-state index >= 15 is 0 Å². The number of nitrogens with zero attached hydrogens (tertiary/aromatic N) is 2. The lowest BCUT2D eigenvalue weighted by atomic mass is 10.1. The smallest absolute Gasteiger partial charge is 0.203 e. The second kappa shape index (κ2) is 6.77. The number of aromatic nitrogens is 2. The molecule has 1 heterocycles. The maximum absolute atomic E-state index is 5.71. The number of thioether (sulfide) groups is 1. The number of anilines is 1. The molecule has 4 nitrogen and oxygen atoms in total. The summed E-state index contributed by atoms with van der Waals surface area (Å²) in [4.78, 5) is 0. The molecule has 19 heavy (non-hydrogen) atoms. The molecule has 6 heteroatoms. The normalized spacial score (nSPS) is 10.6. The summed E-state index contributed by atoms with van der Waals surface area (Å²) in [7, 11) is 0. The number of hydrogen-bond acceptors (Lipinski definition) is 6. The predicted octanol–water partition coefficient (Wildman–Crippen LogP) is 3.30. The average molecular weight is 295 g/mol. The van der Waals surface area contributed by atoms with Crippen molar-refractivity contribution in [2.24, 2.45) is 0 Å². The van der Waals surface area contributed by atoms with E-state index in [0.29, 0.717) is 11.7 Å². The van der Waals surface area contributed by atoms with Crippen LogP contribution in [0.1, 0.15) is 17.5 Å². The number of nitrogens with two attached hydrogens (primary N) is 1. The Morgan fingerprint density at radius 2 is 2.11 bits per heavy atom. The topological polar surface area (TPSA) is 61.0 Å². The Hall–Kier alpha value is -1.27. The van der Waals surface area contributed by atoms with Crippen molar-refractivity contribution >= 4 is 28.2 Å². The third kappa shape index (κ3) is 4.40. The lowest BCUT2D eigenvalue weighted by molar-refractivity contribution is 0.318. The molecule has 2 N–H and O–H groups in total. The summed E-state index contributed by atoms with van der Waals surface area (Å²) in [6, 6.07) is 6.18. The Kier molecular flexibility index (Phi) is 5.04. The first-order chi connectivity index (χ1) is 9.15. The molecule has 0 bridgehead atoms. The molecule has 1 aromatic heterocycles. The summed E-state index contributed by atoms with van der Waals surface area (Å²) >= 11 is 3.09. The van der Waals surface area contributed by atoms with E-state index in [2.05, 4.69) is 36.2 Å². The first-order valence-electron chi connectivity index (χ1n) is 6.07. The van der Waals surface area contributed by atoms with Gasteiger partial charge in [-0.15, -0.1) is 10.2 Å². The van der Waals surface area contributed by atoms with Crippen LogP contribution in [0.5, 0.6) is 5.75 Å². The van der Waals surface area contributed by atoms with Gasteiger partial charge in [0.25, 0.3) is 0 Å². The van der Waals surface area contributed by atoms with Crippen molar-refractivity contribution in [1.29, 1.82) is 0 Å². The van der Waals surface area contributed by atoms with E-state index < -0.39 is 0 Å². The van der Waals surface area contributed by atoms with Gasteiger partial charge in [0, 0.05) is 5.75 Å². The zero-order valence-electron chi connectivity index (χ0n) is 11.0. The van der Waals surface area contributed by atoms with Crippen LogP contribution in [0.2, 0.25) is 0 Å². The largest absolute Gasteiger partial charge is 0.494 e. The van der Waals surface area contributed by atoms with Crippen LogP contribution >= 0.6 is 23.1 Å². The highest BCUT2D eigenvalue weighted by molar-refractivity contribution is 8.01. The third-order valence-electron chi connectivity index (χ3n) is 2.68. The maximum Gasteiger partial charge on any atom is 0.203 e. The van der Waals surface area contributed by atoms with E-state index in [1.165, 1.54) is 22.5 Å². The van der Waals surface area contributed by atoms with Gasteiger partial charge in [0.2, 0.25) is 5.13 Å². The van der Waals surface area contributed by atoms with Gasteiger partial charge in [-0.1, -0.05) is 29.2 Å². The van der Waals surface area contributed by atoms with Crippen LogP contribution in [-0.4, -0.2) is 22.6 Å². The standard InChI is InChI=1S/C13H17N3OS2/c1-9-4-5-11(8-10(9)2)17-6-3-7-18-13-16-15-12(14)19-13/h4-5,8H,3,6-7H2,1-2H3,(H2,14,15). The van der Waals surface area contributed by atoms with Gasteiger partial charge in [-0.3, -0.25) is 0 Å². The first-order valence-corrected chi connectivity index (χ1v) is 7.87. The molecule has 0 radical (unpaired) electrons. The number of nitrogen functional groups attached to an aromatic ring is 1. The summed E-state index contributed by atoms with van der Waals surface area (Å²) in [6.07, 6.45) is 0.969. The van der Waals surface area contributed by atoms with Gasteiger partial charge in [-0.05, 0) is 43.5 Å². The molecule has 0 aliphatic carbocycles. The van der Waals surface area contributed by atoms with Gasteiger partial charge in [0.1, 0.15) is 5.75 Å². The lowest BCUT2D eigenvalue weighted by Gasteiger charge is -2.07. The quantitative estimate of drug-likeness (QED) is 0.654. The minimum Gasteiger partial charge on any atom is -0.494 e. The van der Waals surface area contributed by atoms with Gasteiger partial charge in [-0.2, -0.15) is 0 Å². The van der Waals surface area contributed by atoms with Crippen molar-refractivity contribution in [2.75, 3.05) is 18.1 Å². The third-order valence-corrected chi connectivity index (χ3v) is 4.66. The molecule has 0 amide bonds. The van der Waals surface area contributed by atoms with Crippen molar-refractivity contribution < 1.29 is 4.74 Å². The molecule has 0 atom stereocenters. The van der Waals surface area contributed by atoms with Crippen LogP contribution in [-0.2, 0) is 0 Å². The Balaban J connectivity index is 1.67. The van der Waals surface area contributed by atoms with Crippen molar-refractivity contribution in [3.05, 3.63) is 29.3 Å². The summed E-state index contributed by atoms with van der Waals surface area (Å²) in [5.41, 5.74) is 8.07. The van der Waals surface area contributed by atoms with Crippen molar-refractivity contribution in [2.45, 2.75) is 24.6 Å². The molecular weight excluding hydrogens is 278 g/mol. The molecular formula is C13H17N3OS2. The van der Waals surface area contributed by atoms with Crippen molar-refractivity contribution in [1.82, 2.24) is 10.2 Å². The van der Waals surface area contributed by atoms with E-state index in [-0.39, 0.29) is 0 Å². The highest BCUT2D eigenvalue weighted by Gasteiger charge is 2.02. The predicted molar refractivity (Wildman–Crippen MR) is 81.1 cm³/mol. The summed E-state index contributed by atoms with van der Waals surface area (Å²) in [5.74, 6) is 1.90. The highest BCUT2D eigenvalue weighted by Crippen LogP contribution is 2.24. The molecule has 1 aromatic carbocycles. The van der Waals surface area contributed by atoms with Gasteiger partial charge in [0.15, 0.2) is 4.34 Å². The summed E-state index contributed by atoms with van der Waals surface area (Å²) < 4.78 is 6.63. The van der Waals surface area contributed by atoms with E-state index in [1.807, 2.05) is 6.07 Å². The molecule has 0 fully saturated rings. The van der Waals surface area contributed by atoms with Crippen molar-refractivity contribution in [3.63, 3.8) is 0 Å². The fraction of sp³-hybridized carbons (Fsp3) is 0.385. The lowest BCUT2D eigenvalue weighted by Crippen LogP contribution is -1.99. The van der Waals surface area contributed by atoms with Gasteiger partial charge in [0.05, 0.1) is 6.61 Å². The van der Waals surface area contributed by atoms with Crippen LogP contribution in [0.15, 0.2) is 22.5 Å². The SMILES string of the molecule is Cc1ccc(OCCCSc2nnc(N)s2)cc1C. The number of benzene rings is 1. The van der Waals surface area contributed by atoms with E-state index in [9.17, 15) is 0 Å². The first kappa shape index (κ1) is 14.1. The second-order valence-corrected chi connectivity index (χ2v) is 6.55. The Bertz CT molecular complexity index is 542. The molecule has 0 unspecified atom stereocenters. The average Bonchev–Trinajstić information content (AvgIpc) is 2.79. The Morgan fingerprint density at radius 1 is 1.26 bits per heavy atom. The van der Waals surface area contributed by atoms with Crippen LogP contribution in [0, 0.1) is 13.8 Å². The molecule has 2 aromatic rings. The Morgan fingerprint density at radius 3 is 2.79 bits per heavy atom. The number of rotatable bonds is 6. The van der Waals surface area contributed by atoms with Gasteiger partial charge < -0.3 is 10.5 Å². The van der Waals surface area contributed by atoms with Gasteiger partial charge in [-0.25, -0.2) is 0 Å². The number of aryl methyl sites for hydroxylation is 2. The highest BCUT2D eigenvalue weighted by atomic mass is 32.2.